The summed E-state index contributed by atoms with van der Waals surface area (Å²) in [5, 5.41) is 15.8. The lowest BCUT2D eigenvalue weighted by molar-refractivity contribution is -0.125. The van der Waals surface area contributed by atoms with E-state index in [2.05, 4.69) is 31.4 Å². The standard InChI is InChI=1S/C14H22N2O2/c1-13(2)9-4-5-14(13,3)11(18)10(9)12-15-6-8(17)7-16-12/h8-9,15-17H,4-7H2,1-3H3. The lowest BCUT2D eigenvalue weighted by atomic mass is 9.70. The first-order valence-electron chi connectivity index (χ1n) is 6.83. The van der Waals surface area contributed by atoms with Crippen LogP contribution in [-0.4, -0.2) is 30.1 Å². The second kappa shape index (κ2) is 3.50. The van der Waals surface area contributed by atoms with Crippen molar-refractivity contribution in [2.24, 2.45) is 16.7 Å². The van der Waals surface area contributed by atoms with E-state index in [0.717, 1.165) is 24.2 Å². The fourth-order valence-corrected chi connectivity index (χ4v) is 3.92. The van der Waals surface area contributed by atoms with Gasteiger partial charge in [0.1, 0.15) is 5.82 Å². The molecule has 2 atom stereocenters. The molecule has 2 unspecified atom stereocenters. The monoisotopic (exact) mass is 250 g/mol. The summed E-state index contributed by atoms with van der Waals surface area (Å²) in [4.78, 5) is 12.7. The van der Waals surface area contributed by atoms with Crippen LogP contribution in [0.4, 0.5) is 0 Å². The van der Waals surface area contributed by atoms with Crippen LogP contribution in [0.5, 0.6) is 0 Å². The first kappa shape index (κ1) is 12.0. The molecule has 2 bridgehead atoms. The number of ketones is 1. The third-order valence-electron chi connectivity index (χ3n) is 5.62. The summed E-state index contributed by atoms with van der Waals surface area (Å²) in [7, 11) is 0. The van der Waals surface area contributed by atoms with Crippen molar-refractivity contribution in [2.45, 2.75) is 39.7 Å². The van der Waals surface area contributed by atoms with Crippen LogP contribution in [0.1, 0.15) is 33.6 Å². The minimum absolute atomic E-state index is 0.0475. The number of allylic oxidation sites excluding steroid dienone is 1. The first-order chi connectivity index (χ1) is 8.38. The Balaban J connectivity index is 2.01. The fourth-order valence-electron chi connectivity index (χ4n) is 3.92. The van der Waals surface area contributed by atoms with Crippen molar-refractivity contribution in [3.8, 4) is 0 Å². The highest BCUT2D eigenvalue weighted by molar-refractivity contribution is 6.05. The summed E-state index contributed by atoms with van der Waals surface area (Å²) >= 11 is 0. The molecule has 1 heterocycles. The van der Waals surface area contributed by atoms with Crippen LogP contribution >= 0.6 is 0 Å². The zero-order valence-electron chi connectivity index (χ0n) is 11.3. The van der Waals surface area contributed by atoms with Crippen LogP contribution in [-0.2, 0) is 4.79 Å². The zero-order valence-corrected chi connectivity index (χ0v) is 11.3. The molecule has 100 valence electrons. The molecule has 0 aromatic heterocycles. The van der Waals surface area contributed by atoms with Gasteiger partial charge in [0.15, 0.2) is 5.78 Å². The third kappa shape index (κ3) is 1.27. The molecule has 3 fully saturated rings. The number of rotatable bonds is 0. The summed E-state index contributed by atoms with van der Waals surface area (Å²) in [5.74, 6) is 1.52. The van der Waals surface area contributed by atoms with Gasteiger partial charge < -0.3 is 15.7 Å². The van der Waals surface area contributed by atoms with Crippen LogP contribution < -0.4 is 10.6 Å². The number of β-amino-alcohol motifs (C(OH)–C–C–N with tert-alkyl or cyclic N) is 1. The number of hydrogen-bond acceptors (Lipinski definition) is 4. The van der Waals surface area contributed by atoms with E-state index in [0.29, 0.717) is 24.8 Å². The van der Waals surface area contributed by atoms with Gasteiger partial charge in [0.05, 0.1) is 6.10 Å². The average Bonchev–Trinajstić information content (AvgIpc) is 2.63. The Morgan fingerprint density at radius 2 is 1.83 bits per heavy atom. The number of nitrogens with one attached hydrogen (secondary N) is 2. The van der Waals surface area contributed by atoms with Crippen molar-refractivity contribution in [1.82, 2.24) is 10.6 Å². The van der Waals surface area contributed by atoms with Crippen molar-refractivity contribution in [3.05, 3.63) is 11.4 Å². The van der Waals surface area contributed by atoms with E-state index in [-0.39, 0.29) is 16.9 Å². The minimum atomic E-state index is -0.369. The van der Waals surface area contributed by atoms with Gasteiger partial charge in [0.2, 0.25) is 0 Å². The van der Waals surface area contributed by atoms with Crippen molar-refractivity contribution in [2.75, 3.05) is 13.1 Å². The molecule has 0 amide bonds. The Bertz CT molecular complexity index is 431. The zero-order chi connectivity index (χ0) is 13.1. The maximum Gasteiger partial charge on any atom is 0.169 e. The van der Waals surface area contributed by atoms with Crippen LogP contribution in [0.25, 0.3) is 0 Å². The van der Waals surface area contributed by atoms with Gasteiger partial charge in [-0.3, -0.25) is 4.79 Å². The van der Waals surface area contributed by atoms with Gasteiger partial charge in [-0.25, -0.2) is 0 Å². The van der Waals surface area contributed by atoms with Gasteiger partial charge in [-0.05, 0) is 24.2 Å². The smallest absolute Gasteiger partial charge is 0.169 e. The van der Waals surface area contributed by atoms with E-state index in [1.807, 2.05) is 0 Å². The topological polar surface area (TPSA) is 61.4 Å². The molecule has 3 aliphatic rings. The molecular formula is C14H22N2O2. The van der Waals surface area contributed by atoms with Gasteiger partial charge in [-0.2, -0.15) is 0 Å². The average molecular weight is 250 g/mol. The van der Waals surface area contributed by atoms with Crippen LogP contribution in [0.15, 0.2) is 11.4 Å². The SMILES string of the molecule is CC12CCC(C(=C3NCC(O)CN3)C1=O)C2(C)C. The van der Waals surface area contributed by atoms with Crippen molar-refractivity contribution >= 4 is 5.78 Å². The normalized spacial score (nSPS) is 41.9. The predicted octanol–water partition coefficient (Wildman–Crippen LogP) is 0.777. The number of hydrogen-bond donors (Lipinski definition) is 3. The Morgan fingerprint density at radius 1 is 1.22 bits per heavy atom. The van der Waals surface area contributed by atoms with E-state index in [1.165, 1.54) is 0 Å². The molecule has 0 aromatic rings. The third-order valence-corrected chi connectivity index (χ3v) is 5.62. The Hall–Kier alpha value is -1.03. The molecule has 18 heavy (non-hydrogen) atoms. The number of carbonyl (C=O) groups is 1. The number of carbonyl (C=O) groups excluding carboxylic acids is 1. The summed E-state index contributed by atoms with van der Waals surface area (Å²) in [6.45, 7) is 7.61. The van der Waals surface area contributed by atoms with E-state index in [9.17, 15) is 9.90 Å². The number of aliphatic hydroxyl groups is 1. The second-order valence-corrected chi connectivity index (χ2v) is 6.68. The molecule has 0 spiro atoms. The van der Waals surface area contributed by atoms with Crippen LogP contribution in [0.2, 0.25) is 0 Å². The highest BCUT2D eigenvalue weighted by Crippen LogP contribution is 2.65. The number of aliphatic hydroxyl groups excluding tert-OH is 1. The molecule has 3 N–H and O–H groups in total. The molecule has 0 radical (unpaired) electrons. The molecule has 4 heteroatoms. The van der Waals surface area contributed by atoms with E-state index >= 15 is 0 Å². The molecule has 1 aliphatic heterocycles. The Kier molecular flexibility index (Phi) is 2.34. The maximum atomic E-state index is 12.7. The molecule has 0 aromatic carbocycles. The van der Waals surface area contributed by atoms with E-state index in [4.69, 9.17) is 0 Å². The van der Waals surface area contributed by atoms with Gasteiger partial charge in [0, 0.05) is 24.1 Å². The van der Waals surface area contributed by atoms with Crippen LogP contribution in [0.3, 0.4) is 0 Å². The van der Waals surface area contributed by atoms with Gasteiger partial charge >= 0.3 is 0 Å². The second-order valence-electron chi connectivity index (χ2n) is 6.68. The summed E-state index contributed by atoms with van der Waals surface area (Å²) in [5.41, 5.74) is 0.784. The predicted molar refractivity (Wildman–Crippen MR) is 68.7 cm³/mol. The summed E-state index contributed by atoms with van der Waals surface area (Å²) in [6, 6.07) is 0. The van der Waals surface area contributed by atoms with Gasteiger partial charge in [0.25, 0.3) is 0 Å². The number of fused-ring (bicyclic) bond motifs is 2. The molecule has 3 rings (SSSR count). The highest BCUT2D eigenvalue weighted by atomic mass is 16.3. The molecule has 2 aliphatic carbocycles. The maximum absolute atomic E-state index is 12.7. The fraction of sp³-hybridized carbons (Fsp3) is 0.786. The van der Waals surface area contributed by atoms with Gasteiger partial charge in [-0.1, -0.05) is 20.8 Å². The minimum Gasteiger partial charge on any atom is -0.389 e. The largest absolute Gasteiger partial charge is 0.389 e. The molecule has 4 nitrogen and oxygen atoms in total. The molecule has 1 saturated heterocycles. The van der Waals surface area contributed by atoms with E-state index in [1.54, 1.807) is 0 Å². The van der Waals surface area contributed by atoms with E-state index < -0.39 is 0 Å². The van der Waals surface area contributed by atoms with Crippen molar-refractivity contribution < 1.29 is 9.90 Å². The Labute approximate surface area is 108 Å². The quantitative estimate of drug-likeness (QED) is 0.556. The molecular weight excluding hydrogens is 228 g/mol. The molecule has 2 saturated carbocycles. The van der Waals surface area contributed by atoms with Crippen molar-refractivity contribution in [1.29, 1.82) is 0 Å². The number of Topliss-reactive ketones (excluding diaryl/α,β-unsaturated/α-hetero) is 1. The Morgan fingerprint density at radius 3 is 2.33 bits per heavy atom. The van der Waals surface area contributed by atoms with Gasteiger partial charge in [-0.15, -0.1) is 0 Å². The van der Waals surface area contributed by atoms with Crippen molar-refractivity contribution in [3.63, 3.8) is 0 Å². The lowest BCUT2D eigenvalue weighted by Crippen LogP contribution is -2.47. The summed E-state index contributed by atoms with van der Waals surface area (Å²) in [6.07, 6.45) is 1.73. The summed E-state index contributed by atoms with van der Waals surface area (Å²) < 4.78 is 0. The highest BCUT2D eigenvalue weighted by Gasteiger charge is 2.64. The lowest BCUT2D eigenvalue weighted by Gasteiger charge is -2.31. The van der Waals surface area contributed by atoms with Crippen LogP contribution in [0, 0.1) is 16.7 Å². The first-order valence-corrected chi connectivity index (χ1v) is 6.83.